The van der Waals surface area contributed by atoms with Crippen LogP contribution in [0.3, 0.4) is 0 Å². The highest BCUT2D eigenvalue weighted by Crippen LogP contribution is 2.20. The van der Waals surface area contributed by atoms with Crippen molar-refractivity contribution >= 4 is 27.3 Å². The summed E-state index contributed by atoms with van der Waals surface area (Å²) in [6.45, 7) is 2.76. The van der Waals surface area contributed by atoms with E-state index in [0.717, 1.165) is 16.8 Å². The van der Waals surface area contributed by atoms with Crippen LogP contribution in [0, 0.1) is 12.7 Å². The number of benzene rings is 1. The number of carbonyl (C=O) groups is 1. The smallest absolute Gasteiger partial charge is 0.246 e. The van der Waals surface area contributed by atoms with E-state index in [1.807, 2.05) is 12.3 Å². The van der Waals surface area contributed by atoms with Gasteiger partial charge >= 0.3 is 0 Å². The van der Waals surface area contributed by atoms with Gasteiger partial charge in [-0.1, -0.05) is 12.1 Å². The largest absolute Gasteiger partial charge is 0.340 e. The van der Waals surface area contributed by atoms with Crippen LogP contribution in [0.4, 0.5) is 4.39 Å². The molecule has 2 heterocycles. The second-order valence-electron chi connectivity index (χ2n) is 5.75. The number of hydrogen-bond donors (Lipinski definition) is 0. The van der Waals surface area contributed by atoms with Crippen LogP contribution in [-0.2, 0) is 21.2 Å². The van der Waals surface area contributed by atoms with Crippen molar-refractivity contribution in [3.8, 4) is 0 Å². The molecule has 1 saturated heterocycles. The van der Waals surface area contributed by atoms with Crippen molar-refractivity contribution in [3.05, 3.63) is 46.2 Å². The van der Waals surface area contributed by atoms with Gasteiger partial charge < -0.3 is 4.90 Å². The fourth-order valence-electron chi connectivity index (χ4n) is 2.73. The molecule has 134 valence electrons. The molecule has 3 rings (SSSR count). The molecule has 0 spiro atoms. The molecule has 1 aliphatic rings. The minimum Gasteiger partial charge on any atom is -0.340 e. The Morgan fingerprint density at radius 2 is 1.92 bits per heavy atom. The van der Waals surface area contributed by atoms with E-state index in [1.165, 1.54) is 33.8 Å². The topological polar surface area (TPSA) is 70.6 Å². The molecule has 1 fully saturated rings. The van der Waals surface area contributed by atoms with Crippen molar-refractivity contribution in [2.45, 2.75) is 18.2 Å². The first-order valence-corrected chi connectivity index (χ1v) is 10.1. The van der Waals surface area contributed by atoms with Gasteiger partial charge in [0.2, 0.25) is 15.9 Å². The molecule has 0 bridgehead atoms. The van der Waals surface area contributed by atoms with E-state index in [9.17, 15) is 17.6 Å². The number of piperazine rings is 1. The first kappa shape index (κ1) is 18.0. The summed E-state index contributed by atoms with van der Waals surface area (Å²) in [6.07, 6.45) is 0.213. The molecule has 9 heteroatoms. The minimum absolute atomic E-state index is 0.0757. The Labute approximate surface area is 150 Å². The van der Waals surface area contributed by atoms with Crippen LogP contribution < -0.4 is 0 Å². The van der Waals surface area contributed by atoms with E-state index in [-0.39, 0.29) is 43.4 Å². The van der Waals surface area contributed by atoms with Crippen molar-refractivity contribution in [2.24, 2.45) is 0 Å². The summed E-state index contributed by atoms with van der Waals surface area (Å²) in [6, 6.07) is 5.33. The standard InChI is InChI=1S/C16H18FN3O3S2/c1-12-18-13(11-24-12)10-16(21)19-6-8-20(9-7-19)25(22,23)15-5-3-2-4-14(15)17/h2-5,11H,6-10H2,1H3. The third kappa shape index (κ3) is 3.88. The molecule has 1 aromatic carbocycles. The zero-order valence-electron chi connectivity index (χ0n) is 13.7. The average molecular weight is 383 g/mol. The van der Waals surface area contributed by atoms with Crippen molar-refractivity contribution < 1.29 is 17.6 Å². The fraction of sp³-hybridized carbons (Fsp3) is 0.375. The molecule has 0 atom stereocenters. The summed E-state index contributed by atoms with van der Waals surface area (Å²) in [5, 5.41) is 2.76. The monoisotopic (exact) mass is 383 g/mol. The van der Waals surface area contributed by atoms with E-state index in [0.29, 0.717) is 0 Å². The Kier molecular flexibility index (Phi) is 5.16. The number of aryl methyl sites for hydroxylation is 1. The highest BCUT2D eigenvalue weighted by atomic mass is 32.2. The van der Waals surface area contributed by atoms with E-state index in [4.69, 9.17) is 0 Å². The number of amides is 1. The first-order chi connectivity index (χ1) is 11.9. The SMILES string of the molecule is Cc1nc(CC(=O)N2CCN(S(=O)(=O)c3ccccc3F)CC2)cs1. The zero-order chi connectivity index (χ0) is 18.0. The lowest BCUT2D eigenvalue weighted by Gasteiger charge is -2.34. The number of sulfonamides is 1. The predicted molar refractivity (Wildman–Crippen MR) is 92.3 cm³/mol. The lowest BCUT2D eigenvalue weighted by molar-refractivity contribution is -0.131. The van der Waals surface area contributed by atoms with Crippen LogP contribution in [0.1, 0.15) is 10.7 Å². The van der Waals surface area contributed by atoms with Crippen LogP contribution in [-0.4, -0.2) is 54.7 Å². The normalized spacial score (nSPS) is 16.2. The summed E-state index contributed by atoms with van der Waals surface area (Å²) in [5.41, 5.74) is 0.730. The van der Waals surface area contributed by atoms with Gasteiger partial charge in [-0.05, 0) is 19.1 Å². The molecule has 0 N–H and O–H groups in total. The van der Waals surface area contributed by atoms with Crippen molar-refractivity contribution in [1.29, 1.82) is 0 Å². The summed E-state index contributed by atoms with van der Waals surface area (Å²) in [7, 11) is -3.89. The molecule has 0 saturated carbocycles. The van der Waals surface area contributed by atoms with Gasteiger partial charge in [0.05, 0.1) is 17.1 Å². The number of halogens is 1. The summed E-state index contributed by atoms with van der Waals surface area (Å²) >= 11 is 1.49. The molecule has 1 aromatic heterocycles. The van der Waals surface area contributed by atoms with Crippen LogP contribution in [0.25, 0.3) is 0 Å². The molecule has 2 aromatic rings. The molecule has 1 amide bonds. The van der Waals surface area contributed by atoms with Gasteiger partial charge in [0.1, 0.15) is 10.7 Å². The quantitative estimate of drug-likeness (QED) is 0.805. The summed E-state index contributed by atoms with van der Waals surface area (Å²) in [5.74, 6) is -0.840. The summed E-state index contributed by atoms with van der Waals surface area (Å²) < 4.78 is 40.1. The van der Waals surface area contributed by atoms with Crippen LogP contribution in [0.5, 0.6) is 0 Å². The minimum atomic E-state index is -3.89. The molecule has 0 unspecified atom stereocenters. The number of rotatable bonds is 4. The third-order valence-electron chi connectivity index (χ3n) is 4.04. The van der Waals surface area contributed by atoms with Gasteiger partial charge in [-0.2, -0.15) is 4.31 Å². The maximum Gasteiger partial charge on any atom is 0.246 e. The maximum absolute atomic E-state index is 13.8. The molecule has 0 radical (unpaired) electrons. The van der Waals surface area contributed by atoms with E-state index < -0.39 is 15.8 Å². The lowest BCUT2D eigenvalue weighted by atomic mass is 10.2. The highest BCUT2D eigenvalue weighted by Gasteiger charge is 2.31. The lowest BCUT2D eigenvalue weighted by Crippen LogP contribution is -2.51. The predicted octanol–water partition coefficient (Wildman–Crippen LogP) is 1.67. The van der Waals surface area contributed by atoms with Gasteiger partial charge in [-0.25, -0.2) is 17.8 Å². The maximum atomic E-state index is 13.8. The molecule has 6 nitrogen and oxygen atoms in total. The average Bonchev–Trinajstić information content (AvgIpc) is 3.00. The van der Waals surface area contributed by atoms with Gasteiger partial charge in [-0.15, -0.1) is 11.3 Å². The van der Waals surface area contributed by atoms with Gasteiger partial charge in [-0.3, -0.25) is 4.79 Å². The number of hydrogen-bond acceptors (Lipinski definition) is 5. The molecular formula is C16H18FN3O3S2. The second kappa shape index (κ2) is 7.19. The Morgan fingerprint density at radius 3 is 2.52 bits per heavy atom. The Hall–Kier alpha value is -1.84. The van der Waals surface area contributed by atoms with Gasteiger partial charge in [0.15, 0.2) is 0 Å². The summed E-state index contributed by atoms with van der Waals surface area (Å²) in [4.78, 5) is 17.9. The van der Waals surface area contributed by atoms with E-state index in [2.05, 4.69) is 4.98 Å². The number of aromatic nitrogens is 1. The van der Waals surface area contributed by atoms with Crippen LogP contribution in [0.15, 0.2) is 34.5 Å². The first-order valence-electron chi connectivity index (χ1n) is 7.81. The van der Waals surface area contributed by atoms with E-state index >= 15 is 0 Å². The van der Waals surface area contributed by atoms with Gasteiger partial charge in [0, 0.05) is 31.6 Å². The zero-order valence-corrected chi connectivity index (χ0v) is 15.3. The van der Waals surface area contributed by atoms with E-state index in [1.54, 1.807) is 4.90 Å². The van der Waals surface area contributed by atoms with Gasteiger partial charge in [0.25, 0.3) is 0 Å². The molecule has 1 aliphatic heterocycles. The highest BCUT2D eigenvalue weighted by molar-refractivity contribution is 7.89. The molecule has 0 aliphatic carbocycles. The van der Waals surface area contributed by atoms with Crippen molar-refractivity contribution in [3.63, 3.8) is 0 Å². The van der Waals surface area contributed by atoms with Crippen molar-refractivity contribution in [2.75, 3.05) is 26.2 Å². The third-order valence-corrected chi connectivity index (χ3v) is 6.80. The van der Waals surface area contributed by atoms with Crippen molar-refractivity contribution in [1.82, 2.24) is 14.2 Å². The number of nitrogens with zero attached hydrogens (tertiary/aromatic N) is 3. The van der Waals surface area contributed by atoms with Crippen LogP contribution in [0.2, 0.25) is 0 Å². The Bertz CT molecular complexity index is 874. The molecule has 25 heavy (non-hydrogen) atoms. The van der Waals surface area contributed by atoms with Crippen LogP contribution >= 0.6 is 11.3 Å². The second-order valence-corrected chi connectivity index (χ2v) is 8.72. The fourth-order valence-corrected chi connectivity index (χ4v) is 4.83. The Balaban J connectivity index is 1.63. The number of thiazole rings is 1. The Morgan fingerprint density at radius 1 is 1.24 bits per heavy atom. The number of carbonyl (C=O) groups excluding carboxylic acids is 1. The molecular weight excluding hydrogens is 365 g/mol.